The lowest BCUT2D eigenvalue weighted by molar-refractivity contribution is -0.384. The number of hydrogen-bond acceptors (Lipinski definition) is 4. The van der Waals surface area contributed by atoms with Crippen LogP contribution >= 0.6 is 0 Å². The molecule has 0 unspecified atom stereocenters. The molecule has 0 radical (unpaired) electrons. The highest BCUT2D eigenvalue weighted by molar-refractivity contribution is 5.96. The van der Waals surface area contributed by atoms with Crippen LogP contribution in [0.4, 0.5) is 5.69 Å². The molecule has 0 atom stereocenters. The van der Waals surface area contributed by atoms with Gasteiger partial charge in [0.1, 0.15) is 0 Å². The molecule has 6 nitrogen and oxygen atoms in total. The lowest BCUT2D eigenvalue weighted by atomic mass is 10.2. The number of nitro groups is 1. The molecular weight excluding hydrogens is 258 g/mol. The second kappa shape index (κ2) is 5.36. The Hall–Kier alpha value is -1.69. The Morgan fingerprint density at radius 1 is 1.30 bits per heavy atom. The average Bonchev–Trinajstić information content (AvgIpc) is 3.31. The molecule has 0 amide bonds. The maximum absolute atomic E-state index is 12.2. The van der Waals surface area contributed by atoms with Crippen molar-refractivity contribution in [2.24, 2.45) is 11.8 Å². The fourth-order valence-corrected chi connectivity index (χ4v) is 2.47. The van der Waals surface area contributed by atoms with Crippen molar-refractivity contribution in [3.63, 3.8) is 0 Å². The fraction of sp³-hybridized carbons (Fsp3) is 0.643. The summed E-state index contributed by atoms with van der Waals surface area (Å²) in [5.74, 6) is 1.44. The van der Waals surface area contributed by atoms with Gasteiger partial charge in [-0.05, 0) is 37.5 Å². The first kappa shape index (κ1) is 13.3. The summed E-state index contributed by atoms with van der Waals surface area (Å²) >= 11 is 0. The molecule has 2 fully saturated rings. The second-order valence-electron chi connectivity index (χ2n) is 6.03. The number of nitrogens with one attached hydrogen (secondary N) is 1. The lowest BCUT2D eigenvalue weighted by Gasteiger charge is -2.20. The minimum absolute atomic E-state index is 0.0516. The van der Waals surface area contributed by atoms with Crippen LogP contribution in [0.3, 0.4) is 0 Å². The van der Waals surface area contributed by atoms with E-state index in [1.54, 1.807) is 0 Å². The second-order valence-corrected chi connectivity index (χ2v) is 6.03. The molecular formula is C14H19N3O3. The molecule has 0 spiro atoms. The van der Waals surface area contributed by atoms with Gasteiger partial charge in [-0.2, -0.15) is 0 Å². The Morgan fingerprint density at radius 2 is 1.90 bits per heavy atom. The van der Waals surface area contributed by atoms with Gasteiger partial charge in [0.25, 0.3) is 5.69 Å². The highest BCUT2D eigenvalue weighted by Gasteiger charge is 2.30. The van der Waals surface area contributed by atoms with E-state index in [1.165, 1.54) is 37.9 Å². The minimum atomic E-state index is -0.487. The molecule has 1 aromatic rings. The Labute approximate surface area is 117 Å². The van der Waals surface area contributed by atoms with E-state index in [2.05, 4.69) is 9.88 Å². The predicted molar refractivity (Wildman–Crippen MR) is 73.7 cm³/mol. The molecule has 2 saturated carbocycles. The third kappa shape index (κ3) is 3.45. The van der Waals surface area contributed by atoms with Gasteiger partial charge in [0.2, 0.25) is 0 Å². The Morgan fingerprint density at radius 3 is 2.35 bits per heavy atom. The van der Waals surface area contributed by atoms with Crippen LogP contribution in [-0.4, -0.2) is 40.2 Å². The summed E-state index contributed by atoms with van der Waals surface area (Å²) in [5.41, 5.74) is 0.289. The average molecular weight is 277 g/mol. The molecule has 20 heavy (non-hydrogen) atoms. The molecule has 1 aromatic heterocycles. The van der Waals surface area contributed by atoms with Gasteiger partial charge in [-0.15, -0.1) is 0 Å². The molecule has 0 aromatic carbocycles. The highest BCUT2D eigenvalue weighted by atomic mass is 16.6. The zero-order valence-corrected chi connectivity index (χ0v) is 11.4. The van der Waals surface area contributed by atoms with E-state index in [4.69, 9.17) is 0 Å². The number of aromatic nitrogens is 1. The van der Waals surface area contributed by atoms with Crippen molar-refractivity contribution < 1.29 is 9.72 Å². The van der Waals surface area contributed by atoms with Crippen LogP contribution in [0.5, 0.6) is 0 Å². The van der Waals surface area contributed by atoms with E-state index in [0.29, 0.717) is 12.2 Å². The fourth-order valence-electron chi connectivity index (χ4n) is 2.47. The van der Waals surface area contributed by atoms with Crippen molar-refractivity contribution >= 4 is 11.5 Å². The van der Waals surface area contributed by atoms with Crippen LogP contribution < -0.4 is 0 Å². The summed E-state index contributed by atoms with van der Waals surface area (Å²) in [4.78, 5) is 27.3. The quantitative estimate of drug-likeness (QED) is 0.449. The third-order valence-electron chi connectivity index (χ3n) is 3.97. The van der Waals surface area contributed by atoms with Gasteiger partial charge >= 0.3 is 0 Å². The van der Waals surface area contributed by atoms with Crippen molar-refractivity contribution in [1.82, 2.24) is 9.88 Å². The van der Waals surface area contributed by atoms with Gasteiger partial charge in [0, 0.05) is 19.2 Å². The van der Waals surface area contributed by atoms with Crippen molar-refractivity contribution in [2.45, 2.75) is 25.7 Å². The van der Waals surface area contributed by atoms with Gasteiger partial charge in [0.05, 0.1) is 23.4 Å². The molecule has 2 aliphatic rings. The van der Waals surface area contributed by atoms with Gasteiger partial charge in [0.15, 0.2) is 5.78 Å². The Bertz CT molecular complexity index is 503. The van der Waals surface area contributed by atoms with E-state index in [-0.39, 0.29) is 11.5 Å². The predicted octanol–water partition coefficient (Wildman–Crippen LogP) is 2.23. The summed E-state index contributed by atoms with van der Waals surface area (Å²) in [6, 6.07) is 1.33. The van der Waals surface area contributed by atoms with Gasteiger partial charge in [-0.1, -0.05) is 0 Å². The van der Waals surface area contributed by atoms with Crippen LogP contribution in [-0.2, 0) is 0 Å². The third-order valence-corrected chi connectivity index (χ3v) is 3.97. The van der Waals surface area contributed by atoms with Crippen LogP contribution in [0.25, 0.3) is 0 Å². The number of aromatic amines is 1. The van der Waals surface area contributed by atoms with Crippen LogP contribution in [0.1, 0.15) is 36.2 Å². The van der Waals surface area contributed by atoms with Crippen LogP contribution in [0, 0.1) is 22.0 Å². The zero-order chi connectivity index (χ0) is 14.1. The molecule has 0 aliphatic heterocycles. The maximum atomic E-state index is 12.2. The van der Waals surface area contributed by atoms with Crippen molar-refractivity contribution in [2.75, 3.05) is 19.6 Å². The molecule has 0 bridgehead atoms. The number of ketones is 1. The number of Topliss-reactive ketones (excluding diaryl/α,β-unsaturated/α-hetero) is 1. The highest BCUT2D eigenvalue weighted by Crippen LogP contribution is 2.33. The first-order valence-electron chi connectivity index (χ1n) is 7.20. The van der Waals surface area contributed by atoms with Crippen molar-refractivity contribution in [3.8, 4) is 0 Å². The smallest absolute Gasteiger partial charge is 0.287 e. The van der Waals surface area contributed by atoms with Gasteiger partial charge < -0.3 is 4.98 Å². The molecule has 6 heteroatoms. The molecule has 0 saturated heterocycles. The van der Waals surface area contributed by atoms with Gasteiger partial charge in [-0.25, -0.2) is 0 Å². The van der Waals surface area contributed by atoms with E-state index >= 15 is 0 Å². The number of rotatable bonds is 8. The van der Waals surface area contributed by atoms with E-state index in [0.717, 1.165) is 24.9 Å². The Balaban J connectivity index is 1.59. The minimum Gasteiger partial charge on any atom is -0.353 e. The SMILES string of the molecule is O=C(CN(CC1CC1)CC1CC1)c1cc([N+](=O)[O-])c[nH]1. The molecule has 3 rings (SSSR count). The number of H-pyrrole nitrogens is 1. The molecule has 1 heterocycles. The largest absolute Gasteiger partial charge is 0.353 e. The standard InChI is InChI=1S/C14H19N3O3/c18-14(13-5-12(6-15-13)17(19)20)9-16(7-10-1-2-10)8-11-3-4-11/h5-6,10-11,15H,1-4,7-9H2. The van der Waals surface area contributed by atoms with Crippen LogP contribution in [0.15, 0.2) is 12.3 Å². The molecule has 108 valence electrons. The summed E-state index contributed by atoms with van der Waals surface area (Å²) in [5, 5.41) is 10.6. The number of carbonyl (C=O) groups is 1. The summed E-state index contributed by atoms with van der Waals surface area (Å²) < 4.78 is 0. The zero-order valence-electron chi connectivity index (χ0n) is 11.4. The molecule has 2 aliphatic carbocycles. The topological polar surface area (TPSA) is 79.2 Å². The van der Waals surface area contributed by atoms with E-state index < -0.39 is 4.92 Å². The summed E-state index contributed by atoms with van der Waals surface area (Å²) in [6.07, 6.45) is 6.35. The van der Waals surface area contributed by atoms with Crippen LogP contribution in [0.2, 0.25) is 0 Å². The number of hydrogen-bond donors (Lipinski definition) is 1. The first-order chi connectivity index (χ1) is 9.61. The summed E-state index contributed by atoms with van der Waals surface area (Å²) in [7, 11) is 0. The number of nitrogens with zero attached hydrogens (tertiary/aromatic N) is 2. The lowest BCUT2D eigenvalue weighted by Crippen LogP contribution is -2.33. The normalized spacial score (nSPS) is 18.4. The van der Waals surface area contributed by atoms with E-state index in [9.17, 15) is 14.9 Å². The van der Waals surface area contributed by atoms with Crippen molar-refractivity contribution in [1.29, 1.82) is 0 Å². The monoisotopic (exact) mass is 277 g/mol. The van der Waals surface area contributed by atoms with Gasteiger partial charge in [-0.3, -0.25) is 19.8 Å². The summed E-state index contributed by atoms with van der Waals surface area (Å²) in [6.45, 7) is 2.35. The van der Waals surface area contributed by atoms with E-state index in [1.807, 2.05) is 0 Å². The molecule has 1 N–H and O–H groups in total. The maximum Gasteiger partial charge on any atom is 0.287 e. The number of carbonyl (C=O) groups excluding carboxylic acids is 1. The first-order valence-corrected chi connectivity index (χ1v) is 7.20. The Kier molecular flexibility index (Phi) is 3.56. The van der Waals surface area contributed by atoms with Crippen molar-refractivity contribution in [3.05, 3.63) is 28.1 Å².